The summed E-state index contributed by atoms with van der Waals surface area (Å²) < 4.78 is 0. The largest absolute Gasteiger partial charge is 0.301 e. The molecule has 0 aromatic carbocycles. The molecule has 2 nitrogen and oxygen atoms in total. The molecule has 0 saturated heterocycles. The van der Waals surface area contributed by atoms with Crippen LogP contribution in [0.5, 0.6) is 0 Å². The number of carbonyl (C=O) groups excluding carboxylic acids is 1. The van der Waals surface area contributed by atoms with E-state index in [1.807, 2.05) is 6.92 Å². The summed E-state index contributed by atoms with van der Waals surface area (Å²) in [6, 6.07) is 0.603. The van der Waals surface area contributed by atoms with Gasteiger partial charge >= 0.3 is 0 Å². The number of rotatable bonds is 8. The Labute approximate surface area is 88.7 Å². The highest BCUT2D eigenvalue weighted by Gasteiger charge is 2.08. The fourth-order valence-corrected chi connectivity index (χ4v) is 1.57. The Bertz CT molecular complexity index is 154. The fourth-order valence-electron chi connectivity index (χ4n) is 1.57. The molecule has 0 aliphatic carbocycles. The zero-order valence-electron chi connectivity index (χ0n) is 10.2. The molecule has 0 unspecified atom stereocenters. The predicted molar refractivity (Wildman–Crippen MR) is 61.5 cm³/mol. The fraction of sp³-hybridized carbons (Fsp3) is 0.917. The Morgan fingerprint density at radius 2 is 1.86 bits per heavy atom. The van der Waals surface area contributed by atoms with E-state index in [2.05, 4.69) is 25.7 Å². The molecular weight excluding hydrogens is 174 g/mol. The second-order valence-electron chi connectivity index (χ2n) is 4.13. The monoisotopic (exact) mass is 199 g/mol. The van der Waals surface area contributed by atoms with Crippen LogP contribution in [0.25, 0.3) is 0 Å². The summed E-state index contributed by atoms with van der Waals surface area (Å²) in [6.45, 7) is 10.8. The third kappa shape index (κ3) is 6.14. The Morgan fingerprint density at radius 1 is 1.21 bits per heavy atom. The van der Waals surface area contributed by atoms with Crippen molar-refractivity contribution in [1.82, 2.24) is 4.90 Å². The Morgan fingerprint density at radius 3 is 2.29 bits per heavy atom. The van der Waals surface area contributed by atoms with Gasteiger partial charge < -0.3 is 4.90 Å². The lowest BCUT2D eigenvalue weighted by molar-refractivity contribution is -0.118. The van der Waals surface area contributed by atoms with Gasteiger partial charge in [0, 0.05) is 18.9 Å². The van der Waals surface area contributed by atoms with Gasteiger partial charge in [0.25, 0.3) is 0 Å². The summed E-state index contributed by atoms with van der Waals surface area (Å²) >= 11 is 0. The molecule has 0 aromatic rings. The lowest BCUT2D eigenvalue weighted by Crippen LogP contribution is -2.32. The number of carbonyl (C=O) groups is 1. The first kappa shape index (κ1) is 13.6. The Kier molecular flexibility index (Phi) is 7.77. The molecule has 0 aliphatic heterocycles. The maximum absolute atomic E-state index is 11.1. The van der Waals surface area contributed by atoms with Gasteiger partial charge in [-0.1, -0.05) is 13.8 Å². The SMILES string of the molecule is CCCN(CCCC(=O)CC)C(C)C. The van der Waals surface area contributed by atoms with Crippen LogP contribution in [0.15, 0.2) is 0 Å². The summed E-state index contributed by atoms with van der Waals surface area (Å²) in [5.74, 6) is 0.394. The second kappa shape index (κ2) is 7.98. The molecular formula is C12H25NO. The number of Topliss-reactive ketones (excluding diaryl/α,β-unsaturated/α-hetero) is 1. The molecule has 2 heteroatoms. The normalized spacial score (nSPS) is 11.3. The summed E-state index contributed by atoms with van der Waals surface area (Å²) in [4.78, 5) is 13.5. The minimum atomic E-state index is 0.394. The summed E-state index contributed by atoms with van der Waals surface area (Å²) in [6.07, 6.45) is 3.66. The van der Waals surface area contributed by atoms with Crippen LogP contribution in [0.4, 0.5) is 0 Å². The topological polar surface area (TPSA) is 20.3 Å². The van der Waals surface area contributed by atoms with Crippen molar-refractivity contribution in [3.63, 3.8) is 0 Å². The lowest BCUT2D eigenvalue weighted by Gasteiger charge is -2.25. The maximum atomic E-state index is 11.1. The highest BCUT2D eigenvalue weighted by atomic mass is 16.1. The summed E-state index contributed by atoms with van der Waals surface area (Å²) in [7, 11) is 0. The third-order valence-electron chi connectivity index (χ3n) is 2.54. The molecule has 0 heterocycles. The van der Waals surface area contributed by atoms with Crippen LogP contribution in [0.2, 0.25) is 0 Å². The van der Waals surface area contributed by atoms with Crippen molar-refractivity contribution >= 4 is 5.78 Å². The van der Waals surface area contributed by atoms with Gasteiger partial charge in [0.15, 0.2) is 0 Å². The maximum Gasteiger partial charge on any atom is 0.132 e. The molecule has 0 amide bonds. The predicted octanol–water partition coefficient (Wildman–Crippen LogP) is 2.87. The van der Waals surface area contributed by atoms with Crippen molar-refractivity contribution in [2.45, 2.75) is 59.4 Å². The minimum Gasteiger partial charge on any atom is -0.301 e. The van der Waals surface area contributed by atoms with E-state index in [4.69, 9.17) is 0 Å². The van der Waals surface area contributed by atoms with E-state index in [1.165, 1.54) is 6.42 Å². The third-order valence-corrected chi connectivity index (χ3v) is 2.54. The van der Waals surface area contributed by atoms with Crippen LogP contribution in [0.3, 0.4) is 0 Å². The van der Waals surface area contributed by atoms with Crippen LogP contribution < -0.4 is 0 Å². The van der Waals surface area contributed by atoms with Gasteiger partial charge in [-0.15, -0.1) is 0 Å². The highest BCUT2D eigenvalue weighted by Crippen LogP contribution is 2.03. The molecule has 0 aliphatic rings. The van der Waals surface area contributed by atoms with Crippen molar-refractivity contribution < 1.29 is 4.79 Å². The lowest BCUT2D eigenvalue weighted by atomic mass is 10.1. The number of nitrogens with zero attached hydrogens (tertiary/aromatic N) is 1. The van der Waals surface area contributed by atoms with E-state index >= 15 is 0 Å². The molecule has 0 rings (SSSR count). The number of hydrogen-bond acceptors (Lipinski definition) is 2. The molecule has 0 aromatic heterocycles. The van der Waals surface area contributed by atoms with E-state index in [-0.39, 0.29) is 0 Å². The van der Waals surface area contributed by atoms with Crippen molar-refractivity contribution in [2.24, 2.45) is 0 Å². The molecule has 84 valence electrons. The molecule has 0 radical (unpaired) electrons. The zero-order chi connectivity index (χ0) is 11.0. The second-order valence-corrected chi connectivity index (χ2v) is 4.13. The van der Waals surface area contributed by atoms with Gasteiger partial charge in [-0.05, 0) is 39.8 Å². The summed E-state index contributed by atoms with van der Waals surface area (Å²) in [5.41, 5.74) is 0. The Balaban J connectivity index is 3.65. The van der Waals surface area contributed by atoms with E-state index in [1.54, 1.807) is 0 Å². The number of ketones is 1. The number of hydrogen-bond donors (Lipinski definition) is 0. The highest BCUT2D eigenvalue weighted by molar-refractivity contribution is 5.77. The van der Waals surface area contributed by atoms with Gasteiger partial charge in [-0.25, -0.2) is 0 Å². The summed E-state index contributed by atoms with van der Waals surface area (Å²) in [5, 5.41) is 0. The molecule has 0 N–H and O–H groups in total. The first-order valence-corrected chi connectivity index (χ1v) is 5.87. The van der Waals surface area contributed by atoms with Crippen LogP contribution in [-0.2, 0) is 4.79 Å². The molecule has 0 atom stereocenters. The van der Waals surface area contributed by atoms with Gasteiger partial charge in [0.05, 0.1) is 0 Å². The van der Waals surface area contributed by atoms with Crippen molar-refractivity contribution in [2.75, 3.05) is 13.1 Å². The Hall–Kier alpha value is -0.370. The van der Waals surface area contributed by atoms with E-state index in [0.717, 1.165) is 25.9 Å². The van der Waals surface area contributed by atoms with E-state index < -0.39 is 0 Å². The van der Waals surface area contributed by atoms with Gasteiger partial charge in [-0.2, -0.15) is 0 Å². The van der Waals surface area contributed by atoms with E-state index in [0.29, 0.717) is 18.2 Å². The van der Waals surface area contributed by atoms with Gasteiger partial charge in [-0.3, -0.25) is 4.79 Å². The van der Waals surface area contributed by atoms with Gasteiger partial charge in [0.1, 0.15) is 5.78 Å². The average Bonchev–Trinajstić information content (AvgIpc) is 2.16. The smallest absolute Gasteiger partial charge is 0.132 e. The van der Waals surface area contributed by atoms with Crippen molar-refractivity contribution in [3.8, 4) is 0 Å². The molecule has 0 bridgehead atoms. The van der Waals surface area contributed by atoms with Crippen LogP contribution in [0.1, 0.15) is 53.4 Å². The molecule has 14 heavy (non-hydrogen) atoms. The minimum absolute atomic E-state index is 0.394. The zero-order valence-corrected chi connectivity index (χ0v) is 10.2. The molecule has 0 saturated carbocycles. The first-order chi connectivity index (χ1) is 6.61. The van der Waals surface area contributed by atoms with Crippen molar-refractivity contribution in [1.29, 1.82) is 0 Å². The molecule has 0 fully saturated rings. The van der Waals surface area contributed by atoms with Crippen molar-refractivity contribution in [3.05, 3.63) is 0 Å². The van der Waals surface area contributed by atoms with Crippen LogP contribution in [-0.4, -0.2) is 29.8 Å². The van der Waals surface area contributed by atoms with Gasteiger partial charge in [0.2, 0.25) is 0 Å². The molecule has 0 spiro atoms. The standard InChI is InChI=1S/C12H25NO/c1-5-9-13(11(3)4)10-7-8-12(14)6-2/h11H,5-10H2,1-4H3. The van der Waals surface area contributed by atoms with E-state index in [9.17, 15) is 4.79 Å². The first-order valence-electron chi connectivity index (χ1n) is 5.87. The van der Waals surface area contributed by atoms with Crippen LogP contribution in [0, 0.1) is 0 Å². The average molecular weight is 199 g/mol. The quantitative estimate of drug-likeness (QED) is 0.599. The van der Waals surface area contributed by atoms with Crippen LogP contribution >= 0.6 is 0 Å².